The van der Waals surface area contributed by atoms with E-state index in [1.807, 2.05) is 20.2 Å². The van der Waals surface area contributed by atoms with Gasteiger partial charge in [-0.3, -0.25) is 9.89 Å². The lowest BCUT2D eigenvalue weighted by Gasteiger charge is -2.35. The molecule has 0 saturated carbocycles. The summed E-state index contributed by atoms with van der Waals surface area (Å²) in [7, 11) is 2.01. The van der Waals surface area contributed by atoms with Crippen LogP contribution in [0.25, 0.3) is 10.2 Å². The van der Waals surface area contributed by atoms with Crippen LogP contribution in [0, 0.1) is 12.8 Å². The number of fused-ring (bicyclic) bond motifs is 3. The van der Waals surface area contributed by atoms with E-state index in [0.717, 1.165) is 57.1 Å². The van der Waals surface area contributed by atoms with Crippen LogP contribution in [-0.2, 0) is 12.8 Å². The largest absolute Gasteiger partial charge is 0.378 e. The third-order valence-corrected chi connectivity index (χ3v) is 8.52. The Bertz CT molecular complexity index is 1170. The van der Waals surface area contributed by atoms with Gasteiger partial charge in [-0.25, -0.2) is 9.97 Å². The monoisotopic (exact) mass is 483 g/mol. The second kappa shape index (κ2) is 10.1. The van der Waals surface area contributed by atoms with E-state index in [-0.39, 0.29) is 5.92 Å². The molecule has 3 aromatic rings. The Balaban J connectivity index is 1.68. The van der Waals surface area contributed by atoms with Gasteiger partial charge in [0.25, 0.3) is 0 Å². The van der Waals surface area contributed by atoms with Crippen molar-refractivity contribution in [3.8, 4) is 0 Å². The van der Waals surface area contributed by atoms with E-state index in [4.69, 9.17) is 0 Å². The summed E-state index contributed by atoms with van der Waals surface area (Å²) in [4.78, 5) is 19.3. The fourth-order valence-electron chi connectivity index (χ4n) is 4.47. The van der Waals surface area contributed by atoms with E-state index in [0.29, 0.717) is 6.04 Å². The van der Waals surface area contributed by atoms with Crippen molar-refractivity contribution in [2.24, 2.45) is 10.9 Å². The van der Waals surface area contributed by atoms with Gasteiger partial charge in [0.15, 0.2) is 0 Å². The first-order chi connectivity index (χ1) is 15.8. The zero-order chi connectivity index (χ0) is 23.7. The maximum Gasteiger partial charge on any atom is 0.142 e. The van der Waals surface area contributed by atoms with Crippen molar-refractivity contribution in [3.63, 3.8) is 0 Å². The molecule has 4 rings (SSSR count). The smallest absolute Gasteiger partial charge is 0.142 e. The van der Waals surface area contributed by atoms with E-state index < -0.39 is 6.23 Å². The van der Waals surface area contributed by atoms with Crippen molar-refractivity contribution in [1.29, 1.82) is 0 Å². The molecule has 0 saturated heterocycles. The van der Waals surface area contributed by atoms with Gasteiger partial charge < -0.3 is 10.4 Å². The Morgan fingerprint density at radius 3 is 2.82 bits per heavy atom. The molecule has 2 N–H and O–H groups in total. The molecular formula is C25H33N5OS2. The summed E-state index contributed by atoms with van der Waals surface area (Å²) in [5.41, 5.74) is 4.49. The first-order valence-electron chi connectivity index (χ1n) is 11.4. The molecule has 2 heterocycles. The normalized spacial score (nSPS) is 17.3. The van der Waals surface area contributed by atoms with Crippen molar-refractivity contribution in [2.45, 2.75) is 64.1 Å². The standard InChI is InChI=1S/C25H33N5OS2/c1-7-26-18-12-21(32-6)19(10-15(18)4)29-23-22-17-9-8-16(25(31)30(5)14(2)3)11-20(17)33-24(22)28-13-27-23/h7,10,12-14,16,25,31H,8-9,11H2,1-6H3,(H,27,28,29). The topological polar surface area (TPSA) is 73.6 Å². The maximum absolute atomic E-state index is 10.9. The van der Waals surface area contributed by atoms with Gasteiger partial charge in [0.1, 0.15) is 23.2 Å². The number of rotatable bonds is 7. The number of aromatic nitrogens is 2. The summed E-state index contributed by atoms with van der Waals surface area (Å²) in [6.07, 6.45) is 7.90. The van der Waals surface area contributed by atoms with E-state index in [2.05, 4.69) is 64.3 Å². The van der Waals surface area contributed by atoms with Crippen LogP contribution < -0.4 is 5.32 Å². The minimum absolute atomic E-state index is 0.236. The number of hydrogen-bond acceptors (Lipinski definition) is 8. The molecule has 8 heteroatoms. The predicted octanol–water partition coefficient (Wildman–Crippen LogP) is 5.95. The number of nitrogens with one attached hydrogen (secondary N) is 1. The molecule has 0 spiro atoms. The number of aliphatic imine (C=N–C) groups is 1. The van der Waals surface area contributed by atoms with Gasteiger partial charge in [0.2, 0.25) is 0 Å². The molecular weight excluding hydrogens is 450 g/mol. The number of nitrogens with zero attached hydrogens (tertiary/aromatic N) is 4. The van der Waals surface area contributed by atoms with E-state index in [1.165, 1.54) is 10.4 Å². The molecule has 0 amide bonds. The van der Waals surface area contributed by atoms with Crippen molar-refractivity contribution < 1.29 is 5.11 Å². The Hall–Kier alpha value is -2.00. The number of aryl methyl sites for hydroxylation is 2. The number of benzene rings is 1. The lowest BCUT2D eigenvalue weighted by Crippen LogP contribution is -2.43. The molecule has 1 aromatic carbocycles. The molecule has 33 heavy (non-hydrogen) atoms. The molecule has 1 aliphatic carbocycles. The average Bonchev–Trinajstić information content (AvgIpc) is 3.18. The minimum Gasteiger partial charge on any atom is -0.378 e. The molecule has 2 aromatic heterocycles. The van der Waals surface area contributed by atoms with Crippen LogP contribution in [0.1, 0.15) is 43.2 Å². The van der Waals surface area contributed by atoms with Crippen molar-refractivity contribution in [3.05, 3.63) is 34.5 Å². The average molecular weight is 484 g/mol. The van der Waals surface area contributed by atoms with Crippen LogP contribution in [0.5, 0.6) is 0 Å². The molecule has 6 nitrogen and oxygen atoms in total. The van der Waals surface area contributed by atoms with Crippen molar-refractivity contribution >= 4 is 56.7 Å². The zero-order valence-corrected chi connectivity index (χ0v) is 21.8. The van der Waals surface area contributed by atoms with Gasteiger partial charge in [-0.15, -0.1) is 23.1 Å². The van der Waals surface area contributed by atoms with Gasteiger partial charge in [-0.1, -0.05) is 0 Å². The van der Waals surface area contributed by atoms with Crippen molar-refractivity contribution in [2.75, 3.05) is 18.6 Å². The third kappa shape index (κ3) is 4.80. The quantitative estimate of drug-likeness (QED) is 0.246. The molecule has 0 bridgehead atoms. The summed E-state index contributed by atoms with van der Waals surface area (Å²) in [5, 5.41) is 15.6. The minimum atomic E-state index is -0.427. The van der Waals surface area contributed by atoms with Gasteiger partial charge >= 0.3 is 0 Å². The first-order valence-corrected chi connectivity index (χ1v) is 13.5. The molecule has 176 valence electrons. The second-order valence-corrected chi connectivity index (χ2v) is 10.9. The highest BCUT2D eigenvalue weighted by atomic mass is 32.2. The van der Waals surface area contributed by atoms with Crippen LogP contribution in [0.15, 0.2) is 28.3 Å². The van der Waals surface area contributed by atoms with E-state index in [9.17, 15) is 5.11 Å². The predicted molar refractivity (Wildman–Crippen MR) is 142 cm³/mol. The zero-order valence-electron chi connectivity index (χ0n) is 20.2. The molecule has 0 aliphatic heterocycles. The highest BCUT2D eigenvalue weighted by Gasteiger charge is 2.31. The number of aliphatic hydroxyl groups is 1. The third-order valence-electron chi connectivity index (χ3n) is 6.58. The number of hydrogen-bond donors (Lipinski definition) is 2. The Morgan fingerprint density at radius 1 is 1.33 bits per heavy atom. The van der Waals surface area contributed by atoms with Crippen LogP contribution in [0.2, 0.25) is 0 Å². The number of aliphatic hydroxyl groups excluding tert-OH is 1. The highest BCUT2D eigenvalue weighted by Crippen LogP contribution is 2.42. The molecule has 0 fully saturated rings. The Morgan fingerprint density at radius 2 is 2.12 bits per heavy atom. The summed E-state index contributed by atoms with van der Waals surface area (Å²) in [6.45, 7) is 8.26. The summed E-state index contributed by atoms with van der Waals surface area (Å²) >= 11 is 3.44. The van der Waals surface area contributed by atoms with Crippen molar-refractivity contribution in [1.82, 2.24) is 14.9 Å². The Kier molecular flexibility index (Phi) is 7.38. The van der Waals surface area contributed by atoms with E-state index >= 15 is 0 Å². The Labute approximate surface area is 204 Å². The SMILES string of the molecule is CC=Nc1cc(SC)c(Nc2ncnc3sc4c(c23)CCC(C(O)N(C)C(C)C)C4)cc1C. The molecule has 0 radical (unpaired) electrons. The number of anilines is 2. The van der Waals surface area contributed by atoms with Gasteiger partial charge in [0, 0.05) is 27.9 Å². The maximum atomic E-state index is 10.9. The van der Waals surface area contributed by atoms with Crippen LogP contribution >= 0.6 is 23.1 Å². The molecule has 2 unspecified atom stereocenters. The summed E-state index contributed by atoms with van der Waals surface area (Å²) in [6, 6.07) is 4.59. The van der Waals surface area contributed by atoms with Crippen LogP contribution in [0.4, 0.5) is 17.2 Å². The fourth-order valence-corrected chi connectivity index (χ4v) is 6.31. The number of thiophene rings is 1. The number of thioether (sulfide) groups is 1. The lowest BCUT2D eigenvalue weighted by molar-refractivity contribution is -0.0443. The molecule has 2 atom stereocenters. The van der Waals surface area contributed by atoms with Crippen LogP contribution in [0.3, 0.4) is 0 Å². The highest BCUT2D eigenvalue weighted by molar-refractivity contribution is 7.98. The summed E-state index contributed by atoms with van der Waals surface area (Å²) in [5.74, 6) is 1.09. The van der Waals surface area contributed by atoms with Gasteiger partial charge in [-0.2, -0.15) is 0 Å². The van der Waals surface area contributed by atoms with Gasteiger partial charge in [0.05, 0.1) is 16.8 Å². The fraction of sp³-hybridized carbons (Fsp3) is 0.480. The summed E-state index contributed by atoms with van der Waals surface area (Å²) < 4.78 is 0. The van der Waals surface area contributed by atoms with Crippen LogP contribution in [-0.4, -0.2) is 51.8 Å². The molecule has 1 aliphatic rings. The van der Waals surface area contributed by atoms with E-state index in [1.54, 1.807) is 29.4 Å². The lowest BCUT2D eigenvalue weighted by atomic mass is 9.86. The second-order valence-electron chi connectivity index (χ2n) is 8.93. The first kappa shape index (κ1) is 24.1. The van der Waals surface area contributed by atoms with Gasteiger partial charge in [-0.05, 0) is 83.5 Å².